The van der Waals surface area contributed by atoms with Crippen LogP contribution in [-0.4, -0.2) is 31.6 Å². The molecule has 8 heteroatoms. The fourth-order valence-corrected chi connectivity index (χ4v) is 4.95. The van der Waals surface area contributed by atoms with Gasteiger partial charge in [-0.05, 0) is 23.8 Å². The Morgan fingerprint density at radius 3 is 3.24 bits per heavy atom. The maximum atomic E-state index is 12.3. The van der Waals surface area contributed by atoms with Crippen LogP contribution in [0, 0.1) is 5.92 Å². The minimum Gasteiger partial charge on any atom is -0.494 e. The highest BCUT2D eigenvalue weighted by molar-refractivity contribution is 7.91. The minimum absolute atomic E-state index is 0.238. The average Bonchev–Trinajstić information content (AvgIpc) is 3.13. The summed E-state index contributed by atoms with van der Waals surface area (Å²) in [5.74, 6) is 1.70. The van der Waals surface area contributed by atoms with Gasteiger partial charge >= 0.3 is 0 Å². The fraction of sp³-hybridized carbons (Fsp3) is 0.462. The standard InChI is InChI=1S/C13H17N3O3S2/c1-19-11-3-7-20-13(11)21(17,18)15-9-10-2-5-16-6-4-14-12(16)8-10/h3-4,6-7,10,15H,2,5,8-9H2,1H3/t10-/m1/s1. The first-order valence-electron chi connectivity index (χ1n) is 6.71. The molecule has 3 heterocycles. The lowest BCUT2D eigenvalue weighted by molar-refractivity contribution is 0.378. The molecule has 0 bridgehead atoms. The number of hydrogen-bond acceptors (Lipinski definition) is 5. The van der Waals surface area contributed by atoms with Crippen LogP contribution in [0.25, 0.3) is 0 Å². The van der Waals surface area contributed by atoms with Gasteiger partial charge in [0.25, 0.3) is 10.0 Å². The van der Waals surface area contributed by atoms with Gasteiger partial charge < -0.3 is 9.30 Å². The molecule has 0 saturated carbocycles. The summed E-state index contributed by atoms with van der Waals surface area (Å²) in [4.78, 5) is 4.30. The second kappa shape index (κ2) is 5.78. The van der Waals surface area contributed by atoms with E-state index in [0.717, 1.165) is 25.2 Å². The molecule has 2 aromatic heterocycles. The van der Waals surface area contributed by atoms with Crippen molar-refractivity contribution in [2.45, 2.75) is 23.6 Å². The number of sulfonamides is 1. The van der Waals surface area contributed by atoms with E-state index in [1.165, 1.54) is 18.4 Å². The van der Waals surface area contributed by atoms with E-state index in [-0.39, 0.29) is 10.1 Å². The summed E-state index contributed by atoms with van der Waals surface area (Å²) in [6.45, 7) is 1.32. The fourth-order valence-electron chi connectivity index (χ4n) is 2.51. The van der Waals surface area contributed by atoms with Crippen LogP contribution in [0.3, 0.4) is 0 Å². The molecule has 0 unspecified atom stereocenters. The third kappa shape index (κ3) is 2.97. The van der Waals surface area contributed by atoms with Gasteiger partial charge in [-0.1, -0.05) is 0 Å². The van der Waals surface area contributed by atoms with Crippen LogP contribution in [-0.2, 0) is 23.0 Å². The van der Waals surface area contributed by atoms with E-state index in [0.29, 0.717) is 12.3 Å². The highest BCUT2D eigenvalue weighted by Crippen LogP contribution is 2.29. The molecule has 0 aromatic carbocycles. The topological polar surface area (TPSA) is 73.2 Å². The summed E-state index contributed by atoms with van der Waals surface area (Å²) in [5, 5.41) is 1.71. The third-order valence-electron chi connectivity index (χ3n) is 3.67. The van der Waals surface area contributed by atoms with Crippen LogP contribution in [0.5, 0.6) is 5.75 Å². The zero-order valence-electron chi connectivity index (χ0n) is 11.7. The molecule has 2 aromatic rings. The predicted molar refractivity (Wildman–Crippen MR) is 80.1 cm³/mol. The van der Waals surface area contributed by atoms with Crippen molar-refractivity contribution >= 4 is 21.4 Å². The minimum atomic E-state index is -3.51. The van der Waals surface area contributed by atoms with Crippen LogP contribution in [0.2, 0.25) is 0 Å². The number of nitrogens with zero attached hydrogens (tertiary/aromatic N) is 2. The van der Waals surface area contributed by atoms with Gasteiger partial charge in [0.05, 0.1) is 7.11 Å². The Bertz CT molecular complexity index is 721. The van der Waals surface area contributed by atoms with E-state index in [9.17, 15) is 8.42 Å². The van der Waals surface area contributed by atoms with Gasteiger partial charge in [-0.3, -0.25) is 0 Å². The van der Waals surface area contributed by atoms with Gasteiger partial charge in [0.1, 0.15) is 11.6 Å². The van der Waals surface area contributed by atoms with Crippen molar-refractivity contribution in [2.24, 2.45) is 5.92 Å². The van der Waals surface area contributed by atoms with Gasteiger partial charge in [-0.15, -0.1) is 11.3 Å². The summed E-state index contributed by atoms with van der Waals surface area (Å²) in [5.41, 5.74) is 0. The Morgan fingerprint density at radius 2 is 2.43 bits per heavy atom. The molecule has 0 amide bonds. The van der Waals surface area contributed by atoms with E-state index >= 15 is 0 Å². The lowest BCUT2D eigenvalue weighted by Crippen LogP contribution is -2.33. The lowest BCUT2D eigenvalue weighted by Gasteiger charge is -2.23. The second-order valence-corrected chi connectivity index (χ2v) is 7.90. The molecule has 0 saturated heterocycles. The van der Waals surface area contributed by atoms with Crippen LogP contribution in [0.15, 0.2) is 28.0 Å². The van der Waals surface area contributed by atoms with Crippen molar-refractivity contribution in [3.05, 3.63) is 29.7 Å². The monoisotopic (exact) mass is 327 g/mol. The molecule has 6 nitrogen and oxygen atoms in total. The Labute approximate surface area is 127 Å². The van der Waals surface area contributed by atoms with Crippen molar-refractivity contribution in [1.29, 1.82) is 0 Å². The highest BCUT2D eigenvalue weighted by Gasteiger charge is 2.24. The Kier molecular flexibility index (Phi) is 4.01. The normalized spacial score (nSPS) is 18.4. The zero-order valence-corrected chi connectivity index (χ0v) is 13.3. The smallest absolute Gasteiger partial charge is 0.253 e. The van der Waals surface area contributed by atoms with E-state index in [4.69, 9.17) is 4.74 Å². The van der Waals surface area contributed by atoms with E-state index in [1.807, 2.05) is 6.20 Å². The average molecular weight is 327 g/mol. The molecule has 1 atom stereocenters. The molecule has 0 radical (unpaired) electrons. The number of aryl methyl sites for hydroxylation is 1. The lowest BCUT2D eigenvalue weighted by atomic mass is 9.98. The molecule has 114 valence electrons. The van der Waals surface area contributed by atoms with Gasteiger partial charge in [0.2, 0.25) is 0 Å². The van der Waals surface area contributed by atoms with Crippen LogP contribution in [0.1, 0.15) is 12.2 Å². The first-order chi connectivity index (χ1) is 10.1. The van der Waals surface area contributed by atoms with Crippen LogP contribution >= 0.6 is 11.3 Å². The van der Waals surface area contributed by atoms with E-state index in [2.05, 4.69) is 14.3 Å². The van der Waals surface area contributed by atoms with E-state index < -0.39 is 10.0 Å². The zero-order chi connectivity index (χ0) is 14.9. The molecule has 0 aliphatic carbocycles. The number of fused-ring (bicyclic) bond motifs is 1. The quantitative estimate of drug-likeness (QED) is 0.903. The SMILES string of the molecule is COc1ccsc1S(=O)(=O)NC[C@@H]1CCn2ccnc2C1. The molecule has 3 rings (SSSR count). The molecule has 21 heavy (non-hydrogen) atoms. The second-order valence-electron chi connectivity index (χ2n) is 5.02. The van der Waals surface area contributed by atoms with Crippen molar-refractivity contribution < 1.29 is 13.2 Å². The molecular weight excluding hydrogens is 310 g/mol. The molecule has 0 spiro atoms. The summed E-state index contributed by atoms with van der Waals surface area (Å²) < 4.78 is 34.7. The molecular formula is C13H17N3O3S2. The number of imidazole rings is 1. The number of hydrogen-bond donors (Lipinski definition) is 1. The molecule has 0 fully saturated rings. The Balaban J connectivity index is 1.65. The predicted octanol–water partition coefficient (Wildman–Crippen LogP) is 1.49. The van der Waals surface area contributed by atoms with Gasteiger partial charge in [0, 0.05) is 31.9 Å². The molecule has 1 aliphatic rings. The van der Waals surface area contributed by atoms with Crippen molar-refractivity contribution in [1.82, 2.24) is 14.3 Å². The molecule has 1 N–H and O–H groups in total. The first kappa shape index (κ1) is 14.6. The van der Waals surface area contributed by atoms with Crippen LogP contribution in [0.4, 0.5) is 0 Å². The summed E-state index contributed by atoms with van der Waals surface area (Å²) >= 11 is 1.17. The number of thiophene rings is 1. The maximum Gasteiger partial charge on any atom is 0.253 e. The number of methoxy groups -OCH3 is 1. The van der Waals surface area contributed by atoms with Crippen molar-refractivity contribution in [2.75, 3.05) is 13.7 Å². The molecule has 1 aliphatic heterocycles. The highest BCUT2D eigenvalue weighted by atomic mass is 32.2. The summed E-state index contributed by atoms with van der Waals surface area (Å²) in [6, 6.07) is 1.66. The van der Waals surface area contributed by atoms with Crippen LogP contribution < -0.4 is 9.46 Å². The van der Waals surface area contributed by atoms with Gasteiger partial charge in [-0.25, -0.2) is 18.1 Å². The van der Waals surface area contributed by atoms with Gasteiger partial charge in [0.15, 0.2) is 4.21 Å². The third-order valence-corrected chi connectivity index (χ3v) is 6.54. The van der Waals surface area contributed by atoms with Gasteiger partial charge in [-0.2, -0.15) is 0 Å². The Morgan fingerprint density at radius 1 is 1.57 bits per heavy atom. The van der Waals surface area contributed by atoms with Crippen molar-refractivity contribution in [3.8, 4) is 5.75 Å². The largest absolute Gasteiger partial charge is 0.494 e. The summed E-state index contributed by atoms with van der Waals surface area (Å²) in [7, 11) is -2.03. The Hall–Kier alpha value is -1.38. The maximum absolute atomic E-state index is 12.3. The summed E-state index contributed by atoms with van der Waals surface area (Å²) in [6.07, 6.45) is 5.51. The number of nitrogens with one attached hydrogen (secondary N) is 1. The number of ether oxygens (including phenoxy) is 1. The number of aromatic nitrogens is 2. The van der Waals surface area contributed by atoms with Crippen molar-refractivity contribution in [3.63, 3.8) is 0 Å². The first-order valence-corrected chi connectivity index (χ1v) is 9.07. The van der Waals surface area contributed by atoms with E-state index in [1.54, 1.807) is 17.6 Å². The number of rotatable bonds is 5.